The Labute approximate surface area is 288 Å². The number of benzene rings is 5. The fraction of sp³-hybridized carbons (Fsp3) is 0.318. The van der Waals surface area contributed by atoms with Crippen LogP contribution in [0.4, 0.5) is 28.4 Å². The molecule has 1 heterocycles. The predicted molar refractivity (Wildman–Crippen MR) is 208 cm³/mol. The molecule has 0 radical (unpaired) electrons. The summed E-state index contributed by atoms with van der Waals surface area (Å²) in [5.41, 5.74) is 14.0. The first-order chi connectivity index (χ1) is 22.4. The summed E-state index contributed by atoms with van der Waals surface area (Å²) in [6.07, 6.45) is 4.51. The van der Waals surface area contributed by atoms with Crippen LogP contribution in [0, 0.1) is 13.8 Å². The number of nitrogens with zero attached hydrogens (tertiary/aromatic N) is 2. The first-order valence-corrected chi connectivity index (χ1v) is 17.7. The molecule has 5 aromatic rings. The number of aryl methyl sites for hydroxylation is 2. The standard InChI is InChI=1S/C44H50N2S/c1-31-13-20-38(21-14-31)45(41-12-8-11-37(29-41)43(4,5)27-9-10-33(3)47)39-22-16-34(17-23-39)35-18-24-40(25-19-35)46-42-26-15-32(2)28-36(42)30-44(46,6)7/h8,11-26,28-29,33,47H,9-10,27,30H2,1-7H3/t33-/m0/s1. The fourth-order valence-corrected chi connectivity index (χ4v) is 7.41. The van der Waals surface area contributed by atoms with Crippen molar-refractivity contribution in [1.82, 2.24) is 0 Å². The molecule has 0 amide bonds. The summed E-state index contributed by atoms with van der Waals surface area (Å²) in [5.74, 6) is 0. The SMILES string of the molecule is Cc1ccc(N(c2ccc(-c3ccc(N4c5ccc(C)cc5CC4(C)C)cc3)cc2)c2cccc(C(C)(C)CCC[C@H](C)S)c2)cc1. The molecule has 0 N–H and O–H groups in total. The van der Waals surface area contributed by atoms with Crippen LogP contribution in [-0.2, 0) is 11.8 Å². The lowest BCUT2D eigenvalue weighted by Gasteiger charge is -2.34. The first kappa shape index (κ1) is 33.0. The summed E-state index contributed by atoms with van der Waals surface area (Å²) in [7, 11) is 0. The average Bonchev–Trinajstić information content (AvgIpc) is 3.31. The number of thiol groups is 1. The highest BCUT2D eigenvalue weighted by molar-refractivity contribution is 7.80. The zero-order valence-electron chi connectivity index (χ0n) is 29.2. The van der Waals surface area contributed by atoms with Gasteiger partial charge in [-0.15, -0.1) is 0 Å². The Kier molecular flexibility index (Phi) is 9.31. The van der Waals surface area contributed by atoms with Crippen LogP contribution >= 0.6 is 12.6 Å². The van der Waals surface area contributed by atoms with Gasteiger partial charge in [-0.05, 0) is 134 Å². The van der Waals surface area contributed by atoms with E-state index in [1.54, 1.807) is 0 Å². The van der Waals surface area contributed by atoms with Crippen LogP contribution in [0.25, 0.3) is 11.1 Å². The highest BCUT2D eigenvalue weighted by Crippen LogP contribution is 2.45. The van der Waals surface area contributed by atoms with Gasteiger partial charge in [0, 0.05) is 34.0 Å². The second-order valence-corrected chi connectivity index (χ2v) is 15.8. The summed E-state index contributed by atoms with van der Waals surface area (Å²) in [6, 6.07) is 43.0. The predicted octanol–water partition coefficient (Wildman–Crippen LogP) is 12.7. The molecule has 0 saturated carbocycles. The van der Waals surface area contributed by atoms with Crippen molar-refractivity contribution in [2.45, 2.75) is 90.4 Å². The van der Waals surface area contributed by atoms with E-state index in [1.807, 2.05) is 0 Å². The van der Waals surface area contributed by atoms with E-state index in [1.165, 1.54) is 56.9 Å². The molecular formula is C44H50N2S. The smallest absolute Gasteiger partial charge is 0.0464 e. The maximum atomic E-state index is 4.61. The van der Waals surface area contributed by atoms with Crippen LogP contribution in [-0.4, -0.2) is 10.8 Å². The van der Waals surface area contributed by atoms with E-state index < -0.39 is 0 Å². The number of hydrogen-bond acceptors (Lipinski definition) is 3. The Morgan fingerprint density at radius 3 is 1.98 bits per heavy atom. The minimum atomic E-state index is 0.0379. The van der Waals surface area contributed by atoms with Crippen LogP contribution in [0.15, 0.2) is 115 Å². The molecule has 5 aromatic carbocycles. The fourth-order valence-electron chi connectivity index (χ4n) is 7.23. The van der Waals surface area contributed by atoms with Crippen LogP contribution in [0.1, 0.15) is 76.1 Å². The molecule has 0 unspecified atom stereocenters. The largest absolute Gasteiger partial charge is 0.335 e. The molecule has 47 heavy (non-hydrogen) atoms. The zero-order valence-corrected chi connectivity index (χ0v) is 30.1. The Balaban J connectivity index is 1.29. The van der Waals surface area contributed by atoms with E-state index in [0.29, 0.717) is 5.25 Å². The highest BCUT2D eigenvalue weighted by atomic mass is 32.1. The van der Waals surface area contributed by atoms with Gasteiger partial charge in [-0.1, -0.05) is 99.0 Å². The molecule has 1 aliphatic heterocycles. The minimum Gasteiger partial charge on any atom is -0.335 e. The summed E-state index contributed by atoms with van der Waals surface area (Å²) >= 11 is 4.61. The average molecular weight is 639 g/mol. The van der Waals surface area contributed by atoms with Crippen molar-refractivity contribution in [3.8, 4) is 11.1 Å². The molecule has 3 heteroatoms. The Morgan fingerprint density at radius 2 is 1.34 bits per heavy atom. The maximum absolute atomic E-state index is 4.61. The lowest BCUT2D eigenvalue weighted by molar-refractivity contribution is 0.452. The van der Waals surface area contributed by atoms with Gasteiger partial charge >= 0.3 is 0 Å². The topological polar surface area (TPSA) is 6.48 Å². The number of hydrogen-bond donors (Lipinski definition) is 1. The van der Waals surface area contributed by atoms with Gasteiger partial charge in [-0.3, -0.25) is 0 Å². The van der Waals surface area contributed by atoms with Crippen molar-refractivity contribution in [3.05, 3.63) is 138 Å². The van der Waals surface area contributed by atoms with Gasteiger partial charge in [-0.25, -0.2) is 0 Å². The summed E-state index contributed by atoms with van der Waals surface area (Å²) in [4.78, 5) is 4.89. The second kappa shape index (κ2) is 13.3. The molecule has 0 aromatic heterocycles. The molecule has 1 atom stereocenters. The van der Waals surface area contributed by atoms with Gasteiger partial charge in [0.15, 0.2) is 0 Å². The quantitative estimate of drug-likeness (QED) is 0.152. The number of anilines is 5. The molecule has 2 nitrogen and oxygen atoms in total. The van der Waals surface area contributed by atoms with Crippen molar-refractivity contribution in [2.75, 3.05) is 9.80 Å². The van der Waals surface area contributed by atoms with Gasteiger partial charge in [-0.2, -0.15) is 12.6 Å². The van der Waals surface area contributed by atoms with E-state index in [4.69, 9.17) is 0 Å². The molecule has 0 fully saturated rings. The molecule has 6 rings (SSSR count). The monoisotopic (exact) mass is 638 g/mol. The molecule has 0 saturated heterocycles. The van der Waals surface area contributed by atoms with E-state index in [9.17, 15) is 0 Å². The van der Waals surface area contributed by atoms with E-state index >= 15 is 0 Å². The Bertz CT molecular complexity index is 1820. The van der Waals surface area contributed by atoms with Crippen LogP contribution < -0.4 is 9.80 Å². The molecule has 242 valence electrons. The van der Waals surface area contributed by atoms with Crippen molar-refractivity contribution >= 4 is 41.1 Å². The van der Waals surface area contributed by atoms with E-state index in [0.717, 1.165) is 30.6 Å². The maximum Gasteiger partial charge on any atom is 0.0464 e. The van der Waals surface area contributed by atoms with Crippen molar-refractivity contribution in [2.24, 2.45) is 0 Å². The summed E-state index contributed by atoms with van der Waals surface area (Å²) < 4.78 is 0. The molecular weight excluding hydrogens is 589 g/mol. The minimum absolute atomic E-state index is 0.0379. The van der Waals surface area contributed by atoms with Gasteiger partial charge in [0.1, 0.15) is 0 Å². The number of rotatable bonds is 10. The normalized spacial score (nSPS) is 14.6. The molecule has 0 bridgehead atoms. The third-order valence-electron chi connectivity index (χ3n) is 9.89. The van der Waals surface area contributed by atoms with E-state index in [2.05, 4.69) is 186 Å². The van der Waals surface area contributed by atoms with Gasteiger partial charge in [0.05, 0.1) is 0 Å². The lowest BCUT2D eigenvalue weighted by Crippen LogP contribution is -2.37. The van der Waals surface area contributed by atoms with Crippen LogP contribution in [0.5, 0.6) is 0 Å². The van der Waals surface area contributed by atoms with Crippen molar-refractivity contribution in [3.63, 3.8) is 0 Å². The van der Waals surface area contributed by atoms with Crippen LogP contribution in [0.2, 0.25) is 0 Å². The highest BCUT2D eigenvalue weighted by Gasteiger charge is 2.36. The second-order valence-electron chi connectivity index (χ2n) is 14.9. The van der Waals surface area contributed by atoms with E-state index in [-0.39, 0.29) is 11.0 Å². The summed E-state index contributed by atoms with van der Waals surface area (Å²) in [5, 5.41) is 0.439. The van der Waals surface area contributed by atoms with Crippen molar-refractivity contribution < 1.29 is 0 Å². The zero-order chi connectivity index (χ0) is 33.3. The molecule has 0 spiro atoms. The third-order valence-corrected chi connectivity index (χ3v) is 10.1. The molecule has 1 aliphatic rings. The van der Waals surface area contributed by atoms with Crippen molar-refractivity contribution in [1.29, 1.82) is 0 Å². The number of fused-ring (bicyclic) bond motifs is 1. The first-order valence-electron chi connectivity index (χ1n) is 17.2. The Hall–Kier alpha value is -3.95. The van der Waals surface area contributed by atoms with Gasteiger partial charge < -0.3 is 9.80 Å². The summed E-state index contributed by atoms with van der Waals surface area (Å²) in [6.45, 7) is 15.9. The third kappa shape index (κ3) is 7.16. The van der Waals surface area contributed by atoms with Gasteiger partial charge in [0.2, 0.25) is 0 Å². The van der Waals surface area contributed by atoms with Crippen LogP contribution in [0.3, 0.4) is 0 Å². The Morgan fingerprint density at radius 1 is 0.745 bits per heavy atom. The lowest BCUT2D eigenvalue weighted by atomic mass is 9.80. The van der Waals surface area contributed by atoms with Gasteiger partial charge in [0.25, 0.3) is 0 Å². The molecule has 0 aliphatic carbocycles.